The first-order chi connectivity index (χ1) is 8.62. The summed E-state index contributed by atoms with van der Waals surface area (Å²) >= 11 is 0. The molecule has 0 amide bonds. The van der Waals surface area contributed by atoms with Gasteiger partial charge in [0, 0.05) is 23.3 Å². The molecule has 1 aliphatic carbocycles. The SMILES string of the molecule is CC(C)NC(N)=NCC1(c2ccccn2)CCC1. The number of rotatable bonds is 4. The van der Waals surface area contributed by atoms with Gasteiger partial charge >= 0.3 is 0 Å². The number of nitrogens with one attached hydrogen (secondary N) is 1. The van der Waals surface area contributed by atoms with Gasteiger partial charge in [-0.25, -0.2) is 0 Å². The van der Waals surface area contributed by atoms with E-state index in [9.17, 15) is 0 Å². The van der Waals surface area contributed by atoms with Gasteiger partial charge in [-0.3, -0.25) is 9.98 Å². The molecule has 0 aliphatic heterocycles. The summed E-state index contributed by atoms with van der Waals surface area (Å²) in [6.45, 7) is 4.84. The molecule has 1 heterocycles. The van der Waals surface area contributed by atoms with Gasteiger partial charge in [0.15, 0.2) is 5.96 Å². The number of pyridine rings is 1. The zero-order chi connectivity index (χ0) is 13.0. The van der Waals surface area contributed by atoms with Crippen molar-refractivity contribution in [2.24, 2.45) is 10.7 Å². The summed E-state index contributed by atoms with van der Waals surface area (Å²) in [6.07, 6.45) is 5.42. The molecule has 18 heavy (non-hydrogen) atoms. The van der Waals surface area contributed by atoms with Gasteiger partial charge in [-0.2, -0.15) is 0 Å². The van der Waals surface area contributed by atoms with E-state index in [1.54, 1.807) is 0 Å². The van der Waals surface area contributed by atoms with Crippen LogP contribution in [0, 0.1) is 0 Å². The van der Waals surface area contributed by atoms with Crippen LogP contribution in [0.4, 0.5) is 0 Å². The fourth-order valence-corrected chi connectivity index (χ4v) is 2.35. The van der Waals surface area contributed by atoms with E-state index in [4.69, 9.17) is 5.73 Å². The zero-order valence-corrected chi connectivity index (χ0v) is 11.2. The van der Waals surface area contributed by atoms with Crippen molar-refractivity contribution in [2.45, 2.75) is 44.6 Å². The van der Waals surface area contributed by atoms with Crippen molar-refractivity contribution in [2.75, 3.05) is 6.54 Å². The van der Waals surface area contributed by atoms with E-state index >= 15 is 0 Å². The molecule has 1 saturated carbocycles. The van der Waals surface area contributed by atoms with Crippen LogP contribution in [-0.2, 0) is 5.41 Å². The van der Waals surface area contributed by atoms with E-state index in [0.717, 1.165) is 25.1 Å². The van der Waals surface area contributed by atoms with Crippen LogP contribution in [-0.4, -0.2) is 23.5 Å². The number of hydrogen-bond donors (Lipinski definition) is 2. The van der Waals surface area contributed by atoms with Crippen LogP contribution >= 0.6 is 0 Å². The van der Waals surface area contributed by atoms with Crippen molar-refractivity contribution >= 4 is 5.96 Å². The molecule has 1 aromatic heterocycles. The normalized spacial score (nSPS) is 18.5. The van der Waals surface area contributed by atoms with Crippen molar-refractivity contribution in [1.29, 1.82) is 0 Å². The van der Waals surface area contributed by atoms with Crippen LogP contribution in [0.5, 0.6) is 0 Å². The summed E-state index contributed by atoms with van der Waals surface area (Å²) in [7, 11) is 0. The largest absolute Gasteiger partial charge is 0.370 e. The Morgan fingerprint density at radius 2 is 2.28 bits per heavy atom. The third-order valence-electron chi connectivity index (χ3n) is 3.51. The Morgan fingerprint density at radius 3 is 2.78 bits per heavy atom. The Morgan fingerprint density at radius 1 is 1.50 bits per heavy atom. The summed E-state index contributed by atoms with van der Waals surface area (Å²) in [4.78, 5) is 8.96. The Hall–Kier alpha value is -1.58. The molecule has 0 bridgehead atoms. The lowest BCUT2D eigenvalue weighted by molar-refractivity contribution is 0.246. The number of hydrogen-bond acceptors (Lipinski definition) is 2. The molecule has 0 unspecified atom stereocenters. The molecule has 3 N–H and O–H groups in total. The first-order valence-electron chi connectivity index (χ1n) is 6.60. The molecule has 0 spiro atoms. The van der Waals surface area contributed by atoms with Crippen LogP contribution in [0.15, 0.2) is 29.4 Å². The summed E-state index contributed by atoms with van der Waals surface area (Å²) in [6, 6.07) is 6.41. The van der Waals surface area contributed by atoms with E-state index in [2.05, 4.69) is 35.2 Å². The maximum atomic E-state index is 5.86. The van der Waals surface area contributed by atoms with Crippen LogP contribution < -0.4 is 11.1 Å². The average molecular weight is 246 g/mol. The Balaban J connectivity index is 2.06. The fourth-order valence-electron chi connectivity index (χ4n) is 2.35. The number of nitrogens with two attached hydrogens (primary N) is 1. The van der Waals surface area contributed by atoms with E-state index in [0.29, 0.717) is 12.0 Å². The van der Waals surface area contributed by atoms with Crippen LogP contribution in [0.3, 0.4) is 0 Å². The predicted molar refractivity (Wildman–Crippen MR) is 74.5 cm³/mol. The molecule has 0 atom stereocenters. The lowest BCUT2D eigenvalue weighted by Crippen LogP contribution is -2.41. The van der Waals surface area contributed by atoms with Gasteiger partial charge in [0.25, 0.3) is 0 Å². The van der Waals surface area contributed by atoms with E-state index in [1.807, 2.05) is 18.3 Å². The van der Waals surface area contributed by atoms with Crippen LogP contribution in [0.1, 0.15) is 38.8 Å². The zero-order valence-electron chi connectivity index (χ0n) is 11.2. The minimum Gasteiger partial charge on any atom is -0.370 e. The van der Waals surface area contributed by atoms with E-state index in [-0.39, 0.29) is 5.41 Å². The van der Waals surface area contributed by atoms with Gasteiger partial charge in [0.2, 0.25) is 0 Å². The quantitative estimate of drug-likeness (QED) is 0.629. The van der Waals surface area contributed by atoms with Crippen molar-refractivity contribution in [3.05, 3.63) is 30.1 Å². The standard InChI is InChI=1S/C14H22N4/c1-11(2)18-13(15)17-10-14(7-5-8-14)12-6-3-4-9-16-12/h3-4,6,9,11H,5,7-8,10H2,1-2H3,(H3,15,17,18). The highest BCUT2D eigenvalue weighted by molar-refractivity contribution is 5.78. The smallest absolute Gasteiger partial charge is 0.188 e. The summed E-state index contributed by atoms with van der Waals surface area (Å²) in [5.41, 5.74) is 7.12. The molecule has 1 aromatic rings. The molecule has 4 nitrogen and oxygen atoms in total. The van der Waals surface area contributed by atoms with Gasteiger partial charge in [-0.1, -0.05) is 12.5 Å². The highest BCUT2D eigenvalue weighted by atomic mass is 15.1. The molecule has 0 aromatic carbocycles. The summed E-state index contributed by atoms with van der Waals surface area (Å²) in [5, 5.41) is 3.12. The second-order valence-corrected chi connectivity index (χ2v) is 5.35. The van der Waals surface area contributed by atoms with Crippen molar-refractivity contribution in [1.82, 2.24) is 10.3 Å². The predicted octanol–water partition coefficient (Wildman–Crippen LogP) is 1.82. The maximum absolute atomic E-state index is 5.86. The average Bonchev–Trinajstić information content (AvgIpc) is 2.28. The Labute approximate surface area is 109 Å². The van der Waals surface area contributed by atoms with Crippen molar-refractivity contribution < 1.29 is 0 Å². The lowest BCUT2D eigenvalue weighted by Gasteiger charge is -2.40. The van der Waals surface area contributed by atoms with Crippen molar-refractivity contribution in [3.63, 3.8) is 0 Å². The Kier molecular flexibility index (Phi) is 3.84. The van der Waals surface area contributed by atoms with Gasteiger partial charge in [-0.05, 0) is 38.8 Å². The third kappa shape index (κ3) is 2.81. The van der Waals surface area contributed by atoms with Crippen molar-refractivity contribution in [3.8, 4) is 0 Å². The topological polar surface area (TPSA) is 63.3 Å². The Bertz CT molecular complexity index is 407. The molecule has 0 saturated heterocycles. The molecule has 0 radical (unpaired) electrons. The van der Waals surface area contributed by atoms with Crippen LogP contribution in [0.25, 0.3) is 0 Å². The number of aromatic nitrogens is 1. The molecule has 1 aliphatic rings. The first kappa shape index (κ1) is 12.9. The van der Waals surface area contributed by atoms with Gasteiger partial charge in [-0.15, -0.1) is 0 Å². The minimum absolute atomic E-state index is 0.116. The van der Waals surface area contributed by atoms with Crippen LogP contribution in [0.2, 0.25) is 0 Å². The highest BCUT2D eigenvalue weighted by Crippen LogP contribution is 2.42. The first-order valence-corrected chi connectivity index (χ1v) is 6.60. The molecule has 4 heteroatoms. The molecular formula is C14H22N4. The third-order valence-corrected chi connectivity index (χ3v) is 3.51. The number of aliphatic imine (C=N–C) groups is 1. The maximum Gasteiger partial charge on any atom is 0.188 e. The molecule has 2 rings (SSSR count). The van der Waals surface area contributed by atoms with Gasteiger partial charge in [0.1, 0.15) is 0 Å². The molecule has 98 valence electrons. The minimum atomic E-state index is 0.116. The van der Waals surface area contributed by atoms with E-state index in [1.165, 1.54) is 6.42 Å². The monoisotopic (exact) mass is 246 g/mol. The molecule has 1 fully saturated rings. The number of guanidine groups is 1. The van der Waals surface area contributed by atoms with Gasteiger partial charge < -0.3 is 11.1 Å². The highest BCUT2D eigenvalue weighted by Gasteiger charge is 2.39. The lowest BCUT2D eigenvalue weighted by atomic mass is 9.66. The fraction of sp³-hybridized carbons (Fsp3) is 0.571. The second-order valence-electron chi connectivity index (χ2n) is 5.35. The summed E-state index contributed by atoms with van der Waals surface area (Å²) < 4.78 is 0. The van der Waals surface area contributed by atoms with E-state index < -0.39 is 0 Å². The second kappa shape index (κ2) is 5.38. The number of nitrogens with zero attached hydrogens (tertiary/aromatic N) is 2. The van der Waals surface area contributed by atoms with Gasteiger partial charge in [0.05, 0.1) is 6.54 Å². The molecular weight excluding hydrogens is 224 g/mol. The summed E-state index contributed by atoms with van der Waals surface area (Å²) in [5.74, 6) is 0.534.